The van der Waals surface area contributed by atoms with Gasteiger partial charge in [-0.1, -0.05) is 24.3 Å². The SMILES string of the molecule is CC(C)(C)OC(=O)Cc1ccc(F)c(C(=O)Nc2cccc(C(F)(F)F)c2)c1.CC(C)(C)OC(=O)Cc1ccc(F)c(C(=O)O)c1.Nc1cccc(C(F)(F)F)c1.[2H]CF. The summed E-state index contributed by atoms with van der Waals surface area (Å²) < 4.78 is 127. The topological polar surface area (TPSA) is 145 Å². The second-order valence-electron chi connectivity index (χ2n) is 14.1. The number of benzene rings is 4. The lowest BCUT2D eigenvalue weighted by molar-refractivity contribution is -0.155. The third-order valence-electron chi connectivity index (χ3n) is 6.74. The highest BCUT2D eigenvalue weighted by Gasteiger charge is 2.31. The molecule has 18 heteroatoms. The van der Waals surface area contributed by atoms with Crippen molar-refractivity contribution in [1.29, 1.82) is 0 Å². The van der Waals surface area contributed by atoms with Crippen molar-refractivity contribution in [2.75, 3.05) is 18.2 Å². The molecule has 1 amide bonds. The summed E-state index contributed by atoms with van der Waals surface area (Å²) in [6.45, 7) is 10.3. The molecular weight excluding hydrogens is 803 g/mol. The summed E-state index contributed by atoms with van der Waals surface area (Å²) in [5.41, 5.74) is 2.11. The number of hydrogen-bond donors (Lipinski definition) is 3. The van der Waals surface area contributed by atoms with Crippen LogP contribution in [0.3, 0.4) is 0 Å². The van der Waals surface area contributed by atoms with Crippen LogP contribution in [0.25, 0.3) is 0 Å². The standard InChI is InChI=1S/C20H19F4NO3.C13H15FO4.C7H6F3N.CH3F/c1-19(2,3)28-17(26)10-12-7-8-16(21)15(9-12)18(27)25-14-6-4-5-13(11-14)20(22,23)24;1-13(2,3)18-11(15)7-8-4-5-10(14)9(6-8)12(16)17;8-7(9,10)5-2-1-3-6(11)4-5;1-2/h4-9,11H,10H2,1-3H3,(H,25,27);4-6H,7H2,1-3H3,(H,16,17);1-4H,11H2;1H3/i;;;1D. The largest absolute Gasteiger partial charge is 0.478 e. The quantitative estimate of drug-likeness (QED) is 0.0947. The number of ether oxygens (including phenoxy) is 2. The van der Waals surface area contributed by atoms with Gasteiger partial charge in [0.25, 0.3) is 5.91 Å². The monoisotopic (exact) mass is 847 g/mol. The lowest BCUT2D eigenvalue weighted by Gasteiger charge is -2.19. The molecule has 0 unspecified atom stereocenters. The van der Waals surface area contributed by atoms with Crippen LogP contribution in [-0.2, 0) is 44.3 Å². The first kappa shape index (κ1) is 49.1. The van der Waals surface area contributed by atoms with Gasteiger partial charge in [0, 0.05) is 11.4 Å². The number of nitrogens with one attached hydrogen (secondary N) is 1. The van der Waals surface area contributed by atoms with Gasteiger partial charge in [0.1, 0.15) is 22.8 Å². The average Bonchev–Trinajstić information content (AvgIpc) is 3.08. The zero-order valence-corrected chi connectivity index (χ0v) is 32.6. The molecule has 59 heavy (non-hydrogen) atoms. The summed E-state index contributed by atoms with van der Waals surface area (Å²) in [6, 6.07) is 15.6. The van der Waals surface area contributed by atoms with Crippen LogP contribution in [0.5, 0.6) is 0 Å². The van der Waals surface area contributed by atoms with Crippen molar-refractivity contribution in [3.05, 3.63) is 130 Å². The molecule has 0 aromatic heterocycles. The number of esters is 2. The Bertz CT molecular complexity index is 2080. The zero-order valence-electron chi connectivity index (χ0n) is 33.6. The Balaban J connectivity index is 0.000000478. The molecule has 4 rings (SSSR count). The second-order valence-corrected chi connectivity index (χ2v) is 14.1. The van der Waals surface area contributed by atoms with E-state index in [1.807, 2.05) is 0 Å². The zero-order chi connectivity index (χ0) is 46.2. The average molecular weight is 848 g/mol. The predicted molar refractivity (Wildman–Crippen MR) is 201 cm³/mol. The molecule has 0 atom stereocenters. The fraction of sp³-hybridized carbons (Fsp3) is 0.317. The molecule has 0 aliphatic rings. The van der Waals surface area contributed by atoms with E-state index in [-0.39, 0.29) is 24.2 Å². The number of amides is 1. The fourth-order valence-electron chi connectivity index (χ4n) is 4.48. The number of nitrogens with two attached hydrogens (primary N) is 1. The second kappa shape index (κ2) is 21.6. The molecule has 9 nitrogen and oxygen atoms in total. The van der Waals surface area contributed by atoms with Crippen molar-refractivity contribution in [2.45, 2.75) is 77.9 Å². The van der Waals surface area contributed by atoms with Crippen LogP contribution in [0.2, 0.25) is 0 Å². The summed E-state index contributed by atoms with van der Waals surface area (Å²) in [5.74, 6) is -5.01. The highest BCUT2D eigenvalue weighted by molar-refractivity contribution is 6.04. The number of alkyl halides is 7. The first-order valence-corrected chi connectivity index (χ1v) is 17.0. The highest BCUT2D eigenvalue weighted by Crippen LogP contribution is 2.31. The first-order valence-electron chi connectivity index (χ1n) is 17.7. The van der Waals surface area contributed by atoms with Gasteiger partial charge in [0.15, 0.2) is 0 Å². The van der Waals surface area contributed by atoms with Crippen LogP contribution in [-0.4, -0.2) is 47.3 Å². The minimum absolute atomic E-state index is 0.0855. The normalized spacial score (nSPS) is 11.5. The van der Waals surface area contributed by atoms with E-state index in [0.717, 1.165) is 48.5 Å². The molecule has 0 heterocycles. The third-order valence-corrected chi connectivity index (χ3v) is 6.74. The maximum atomic E-state index is 14.0. The van der Waals surface area contributed by atoms with E-state index in [4.69, 9.17) is 21.7 Å². The number of carbonyl (C=O) groups is 4. The summed E-state index contributed by atoms with van der Waals surface area (Å²) in [5, 5.41) is 11.0. The van der Waals surface area contributed by atoms with Crippen LogP contribution in [0.15, 0.2) is 84.9 Å². The lowest BCUT2D eigenvalue weighted by Crippen LogP contribution is -2.25. The van der Waals surface area contributed by atoms with E-state index in [9.17, 15) is 58.7 Å². The van der Waals surface area contributed by atoms with E-state index in [1.54, 1.807) is 41.5 Å². The Morgan fingerprint density at radius 2 is 1.07 bits per heavy atom. The van der Waals surface area contributed by atoms with Gasteiger partial charge in [-0.05, 0) is 113 Å². The van der Waals surface area contributed by atoms with Crippen molar-refractivity contribution in [3.63, 3.8) is 0 Å². The number of carboxylic acids is 1. The number of anilines is 2. The molecule has 0 fully saturated rings. The maximum Gasteiger partial charge on any atom is 0.416 e. The number of rotatable bonds is 7. The molecule has 0 saturated carbocycles. The van der Waals surface area contributed by atoms with E-state index in [2.05, 4.69) is 5.32 Å². The Kier molecular flexibility index (Phi) is 18.0. The summed E-state index contributed by atoms with van der Waals surface area (Å²) in [4.78, 5) is 46.5. The van der Waals surface area contributed by atoms with Gasteiger partial charge >= 0.3 is 30.3 Å². The van der Waals surface area contributed by atoms with Gasteiger partial charge in [0.2, 0.25) is 0 Å². The summed E-state index contributed by atoms with van der Waals surface area (Å²) >= 11 is 0. The minimum Gasteiger partial charge on any atom is -0.478 e. The number of nitrogen functional groups attached to an aromatic ring is 1. The van der Waals surface area contributed by atoms with E-state index in [1.165, 1.54) is 36.4 Å². The van der Waals surface area contributed by atoms with E-state index < -0.39 is 88.4 Å². The van der Waals surface area contributed by atoms with Crippen LogP contribution < -0.4 is 11.1 Å². The van der Waals surface area contributed by atoms with E-state index in [0.29, 0.717) is 11.1 Å². The Hall–Kier alpha value is -6.07. The predicted octanol–water partition coefficient (Wildman–Crippen LogP) is 10.3. The van der Waals surface area contributed by atoms with Crippen LogP contribution in [0.4, 0.5) is 50.9 Å². The van der Waals surface area contributed by atoms with Gasteiger partial charge in [-0.25, -0.2) is 13.6 Å². The number of hydrogen-bond acceptors (Lipinski definition) is 7. The molecule has 0 aliphatic carbocycles. The van der Waals surface area contributed by atoms with Crippen molar-refractivity contribution in [2.24, 2.45) is 0 Å². The fourth-order valence-corrected chi connectivity index (χ4v) is 4.48. The van der Waals surface area contributed by atoms with Crippen LogP contribution >= 0.6 is 0 Å². The molecule has 322 valence electrons. The maximum absolute atomic E-state index is 14.0. The van der Waals surface area contributed by atoms with Crippen molar-refractivity contribution < 1.29 is 74.6 Å². The number of halogens is 9. The molecular formula is C41H43F9N2O7. The molecule has 0 aliphatic heterocycles. The van der Waals surface area contributed by atoms with Gasteiger partial charge in [0.05, 0.1) is 43.6 Å². The lowest BCUT2D eigenvalue weighted by atomic mass is 10.1. The highest BCUT2D eigenvalue weighted by atomic mass is 19.4. The number of carbonyl (C=O) groups excluding carboxylic acids is 3. The van der Waals surface area contributed by atoms with Gasteiger partial charge in [-0.3, -0.25) is 18.8 Å². The minimum atomic E-state index is -4.57. The molecule has 4 N–H and O–H groups in total. The molecule has 0 bridgehead atoms. The number of aromatic carboxylic acids is 1. The Labute approximate surface area is 335 Å². The summed E-state index contributed by atoms with van der Waals surface area (Å²) in [6.07, 6.45) is -9.13. The molecule has 0 radical (unpaired) electrons. The van der Waals surface area contributed by atoms with Crippen molar-refractivity contribution >= 4 is 35.2 Å². The number of carboxylic acid groups (broad SMARTS) is 1. The van der Waals surface area contributed by atoms with Gasteiger partial charge < -0.3 is 25.6 Å². The Morgan fingerprint density at radius 3 is 1.46 bits per heavy atom. The van der Waals surface area contributed by atoms with Crippen LogP contribution in [0, 0.1) is 11.6 Å². The Morgan fingerprint density at radius 1 is 0.661 bits per heavy atom. The molecule has 0 spiro atoms. The van der Waals surface area contributed by atoms with Gasteiger partial charge in [-0.15, -0.1) is 0 Å². The molecule has 4 aromatic carbocycles. The van der Waals surface area contributed by atoms with E-state index >= 15 is 0 Å². The third kappa shape index (κ3) is 19.3. The summed E-state index contributed by atoms with van der Waals surface area (Å²) in [7, 11) is -1.00. The molecule has 4 aromatic rings. The molecule has 0 saturated heterocycles. The first-order chi connectivity index (χ1) is 27.4. The van der Waals surface area contributed by atoms with Gasteiger partial charge in [-0.2, -0.15) is 26.3 Å². The van der Waals surface area contributed by atoms with Crippen LogP contribution in [0.1, 0.15) is 85.9 Å². The smallest absolute Gasteiger partial charge is 0.416 e. The van der Waals surface area contributed by atoms with Crippen molar-refractivity contribution in [1.82, 2.24) is 0 Å². The van der Waals surface area contributed by atoms with Crippen molar-refractivity contribution in [3.8, 4) is 0 Å².